The highest BCUT2D eigenvalue weighted by Gasteiger charge is 2.27. The zero-order valence-corrected chi connectivity index (χ0v) is 19.2. The van der Waals surface area contributed by atoms with E-state index in [9.17, 15) is 28.1 Å². The molecule has 34 heavy (non-hydrogen) atoms. The standard InChI is InChI=1S/C22H23N5O6S/c1-15-5-6-16(11-20(15)34(32,33)26-9-3-2-4-10-26)24-21(28)13-25-14-23-19-12-17(27(30)31)7-8-18(19)22(25)29/h5-8,11-12,14H,2-4,9-10,13H2,1H3,(H,24,28). The number of hydrogen-bond acceptors (Lipinski definition) is 7. The Hall–Kier alpha value is -3.64. The Labute approximate surface area is 195 Å². The van der Waals surface area contributed by atoms with Crippen molar-refractivity contribution in [1.82, 2.24) is 13.9 Å². The van der Waals surface area contributed by atoms with E-state index < -0.39 is 26.4 Å². The lowest BCUT2D eigenvalue weighted by Crippen LogP contribution is -2.36. The minimum Gasteiger partial charge on any atom is -0.324 e. The fourth-order valence-electron chi connectivity index (χ4n) is 3.93. The zero-order chi connectivity index (χ0) is 24.5. The Kier molecular flexibility index (Phi) is 6.44. The van der Waals surface area contributed by atoms with Gasteiger partial charge in [0.2, 0.25) is 15.9 Å². The smallest absolute Gasteiger partial charge is 0.271 e. The van der Waals surface area contributed by atoms with E-state index in [0.29, 0.717) is 24.3 Å². The third-order valence-corrected chi connectivity index (χ3v) is 7.78. The Morgan fingerprint density at radius 1 is 1.15 bits per heavy atom. The van der Waals surface area contributed by atoms with Crippen molar-refractivity contribution in [3.63, 3.8) is 0 Å². The van der Waals surface area contributed by atoms with E-state index in [0.717, 1.165) is 30.2 Å². The zero-order valence-electron chi connectivity index (χ0n) is 18.4. The summed E-state index contributed by atoms with van der Waals surface area (Å²) in [6.07, 6.45) is 3.78. The van der Waals surface area contributed by atoms with Gasteiger partial charge in [0, 0.05) is 30.9 Å². The second kappa shape index (κ2) is 9.31. The Balaban J connectivity index is 1.54. The molecule has 178 valence electrons. The molecule has 4 rings (SSSR count). The van der Waals surface area contributed by atoms with Crippen LogP contribution in [0.5, 0.6) is 0 Å². The van der Waals surface area contributed by atoms with E-state index in [1.165, 1.54) is 28.6 Å². The summed E-state index contributed by atoms with van der Waals surface area (Å²) in [5.74, 6) is -0.546. The number of carbonyl (C=O) groups is 1. The van der Waals surface area contributed by atoms with Crippen molar-refractivity contribution in [3.05, 3.63) is 68.8 Å². The van der Waals surface area contributed by atoms with Crippen LogP contribution < -0.4 is 10.9 Å². The second-order valence-corrected chi connectivity index (χ2v) is 10.0. The van der Waals surface area contributed by atoms with Crippen LogP contribution >= 0.6 is 0 Å². The molecule has 1 aliphatic rings. The minimum absolute atomic E-state index is 0.137. The maximum atomic E-state index is 13.1. The summed E-state index contributed by atoms with van der Waals surface area (Å²) in [5.41, 5.74) is 0.315. The summed E-state index contributed by atoms with van der Waals surface area (Å²) >= 11 is 0. The number of piperidine rings is 1. The van der Waals surface area contributed by atoms with Crippen LogP contribution in [0, 0.1) is 17.0 Å². The summed E-state index contributed by atoms with van der Waals surface area (Å²) in [6.45, 7) is 2.28. The number of sulfonamides is 1. The first-order valence-electron chi connectivity index (χ1n) is 10.7. The van der Waals surface area contributed by atoms with Gasteiger partial charge >= 0.3 is 0 Å². The number of benzene rings is 2. The first-order valence-corrected chi connectivity index (χ1v) is 12.1. The molecule has 0 aliphatic carbocycles. The molecule has 1 saturated heterocycles. The van der Waals surface area contributed by atoms with Crippen LogP contribution in [-0.4, -0.2) is 46.2 Å². The average Bonchev–Trinajstić information content (AvgIpc) is 2.82. The van der Waals surface area contributed by atoms with Gasteiger partial charge in [-0.2, -0.15) is 4.31 Å². The molecule has 0 saturated carbocycles. The van der Waals surface area contributed by atoms with Crippen LogP contribution in [-0.2, 0) is 21.4 Å². The first kappa shape index (κ1) is 23.5. The van der Waals surface area contributed by atoms with Gasteiger partial charge in [0.05, 0.1) is 27.0 Å². The average molecular weight is 486 g/mol. The number of hydrogen-bond donors (Lipinski definition) is 1. The minimum atomic E-state index is -3.68. The van der Waals surface area contributed by atoms with Gasteiger partial charge in [0.25, 0.3) is 11.2 Å². The van der Waals surface area contributed by atoms with Crippen molar-refractivity contribution in [2.75, 3.05) is 18.4 Å². The molecule has 12 heteroatoms. The molecule has 11 nitrogen and oxygen atoms in total. The molecule has 0 bridgehead atoms. The van der Waals surface area contributed by atoms with Crippen molar-refractivity contribution in [3.8, 4) is 0 Å². The number of nitrogens with one attached hydrogen (secondary N) is 1. The van der Waals surface area contributed by atoms with Gasteiger partial charge < -0.3 is 5.32 Å². The summed E-state index contributed by atoms with van der Waals surface area (Å²) in [4.78, 5) is 39.8. The van der Waals surface area contributed by atoms with Gasteiger partial charge in [0.15, 0.2) is 0 Å². The molecule has 0 spiro atoms. The molecule has 2 heterocycles. The molecule has 0 unspecified atom stereocenters. The number of nitro groups is 1. The van der Waals surface area contributed by atoms with Crippen molar-refractivity contribution in [2.24, 2.45) is 0 Å². The highest BCUT2D eigenvalue weighted by molar-refractivity contribution is 7.89. The van der Waals surface area contributed by atoms with Crippen molar-refractivity contribution in [1.29, 1.82) is 0 Å². The number of nitrogens with zero attached hydrogens (tertiary/aromatic N) is 4. The molecule has 2 aromatic carbocycles. The molecular weight excluding hydrogens is 462 g/mol. The van der Waals surface area contributed by atoms with Crippen LogP contribution in [0.2, 0.25) is 0 Å². The van der Waals surface area contributed by atoms with E-state index >= 15 is 0 Å². The van der Waals surface area contributed by atoms with Crippen molar-refractivity contribution < 1.29 is 18.1 Å². The van der Waals surface area contributed by atoms with E-state index in [4.69, 9.17) is 0 Å². The monoisotopic (exact) mass is 485 g/mol. The maximum Gasteiger partial charge on any atom is 0.271 e. The van der Waals surface area contributed by atoms with E-state index in [1.807, 2.05) is 0 Å². The Morgan fingerprint density at radius 2 is 1.88 bits per heavy atom. The summed E-state index contributed by atoms with van der Waals surface area (Å²) in [7, 11) is -3.68. The predicted octanol–water partition coefficient (Wildman–Crippen LogP) is 2.43. The van der Waals surface area contributed by atoms with E-state index in [2.05, 4.69) is 10.3 Å². The molecule has 1 aliphatic heterocycles. The predicted molar refractivity (Wildman–Crippen MR) is 125 cm³/mol. The van der Waals surface area contributed by atoms with Crippen LogP contribution in [0.4, 0.5) is 11.4 Å². The third kappa shape index (κ3) is 4.68. The lowest BCUT2D eigenvalue weighted by atomic mass is 10.2. The molecular formula is C22H23N5O6S. The van der Waals surface area contributed by atoms with Crippen molar-refractivity contribution in [2.45, 2.75) is 37.6 Å². The van der Waals surface area contributed by atoms with Gasteiger partial charge in [-0.15, -0.1) is 0 Å². The highest BCUT2D eigenvalue weighted by Crippen LogP contribution is 2.26. The fourth-order valence-corrected chi connectivity index (χ4v) is 5.70. The number of anilines is 1. The topological polar surface area (TPSA) is 145 Å². The molecule has 1 fully saturated rings. The molecule has 1 amide bonds. The van der Waals surface area contributed by atoms with Crippen LogP contribution in [0.1, 0.15) is 24.8 Å². The molecule has 0 radical (unpaired) electrons. The van der Waals surface area contributed by atoms with Crippen LogP contribution in [0.3, 0.4) is 0 Å². The number of nitro benzene ring substituents is 1. The van der Waals surface area contributed by atoms with Crippen LogP contribution in [0.25, 0.3) is 10.9 Å². The molecule has 1 N–H and O–H groups in total. The van der Waals surface area contributed by atoms with E-state index in [-0.39, 0.29) is 28.0 Å². The number of aromatic nitrogens is 2. The number of fused-ring (bicyclic) bond motifs is 1. The number of carbonyl (C=O) groups excluding carboxylic acids is 1. The highest BCUT2D eigenvalue weighted by atomic mass is 32.2. The van der Waals surface area contributed by atoms with Gasteiger partial charge in [0.1, 0.15) is 6.54 Å². The van der Waals surface area contributed by atoms with Gasteiger partial charge in [-0.05, 0) is 43.5 Å². The number of non-ortho nitro benzene ring substituents is 1. The van der Waals surface area contributed by atoms with Crippen LogP contribution in [0.15, 0.2) is 52.4 Å². The van der Waals surface area contributed by atoms with Gasteiger partial charge in [-0.3, -0.25) is 24.3 Å². The number of aryl methyl sites for hydroxylation is 1. The fraction of sp³-hybridized carbons (Fsp3) is 0.318. The molecule has 3 aromatic rings. The first-order chi connectivity index (χ1) is 16.2. The Morgan fingerprint density at radius 3 is 2.59 bits per heavy atom. The molecule has 0 atom stereocenters. The summed E-state index contributed by atoms with van der Waals surface area (Å²) in [5, 5.41) is 13.7. The number of rotatable bonds is 6. The lowest BCUT2D eigenvalue weighted by Gasteiger charge is -2.26. The SMILES string of the molecule is Cc1ccc(NC(=O)Cn2cnc3cc([N+](=O)[O-])ccc3c2=O)cc1S(=O)(=O)N1CCCCC1. The molecule has 1 aromatic heterocycles. The summed E-state index contributed by atoms with van der Waals surface area (Å²) in [6, 6.07) is 8.35. The van der Waals surface area contributed by atoms with E-state index in [1.54, 1.807) is 19.1 Å². The normalized spacial score (nSPS) is 14.7. The maximum absolute atomic E-state index is 13.1. The lowest BCUT2D eigenvalue weighted by molar-refractivity contribution is -0.384. The van der Waals surface area contributed by atoms with Gasteiger partial charge in [-0.25, -0.2) is 13.4 Å². The quantitative estimate of drug-likeness (QED) is 0.417. The second-order valence-electron chi connectivity index (χ2n) is 8.13. The number of amides is 1. The van der Waals surface area contributed by atoms with Gasteiger partial charge in [-0.1, -0.05) is 12.5 Å². The third-order valence-electron chi connectivity index (χ3n) is 5.74. The largest absolute Gasteiger partial charge is 0.324 e. The Bertz CT molecular complexity index is 1440. The summed E-state index contributed by atoms with van der Waals surface area (Å²) < 4.78 is 28.7. The van der Waals surface area contributed by atoms with Crippen molar-refractivity contribution >= 4 is 38.2 Å².